The molecule has 3 heteroatoms. The molecule has 0 saturated carbocycles. The van der Waals surface area contributed by atoms with Crippen LogP contribution in [0, 0.1) is 12.8 Å². The molecule has 0 aliphatic carbocycles. The molecule has 0 spiro atoms. The Morgan fingerprint density at radius 1 is 1.39 bits per heavy atom. The summed E-state index contributed by atoms with van der Waals surface area (Å²) >= 11 is 0. The van der Waals surface area contributed by atoms with E-state index in [0.29, 0.717) is 5.92 Å². The summed E-state index contributed by atoms with van der Waals surface area (Å²) in [5.74, 6) is 1.28. The van der Waals surface area contributed by atoms with E-state index < -0.39 is 0 Å². The number of amides is 1. The quantitative estimate of drug-likeness (QED) is 0.776. The Hall–Kier alpha value is -1.51. The largest absolute Gasteiger partial charge is 0.484 e. The van der Waals surface area contributed by atoms with E-state index in [0.717, 1.165) is 24.4 Å². The highest BCUT2D eigenvalue weighted by Crippen LogP contribution is 2.12. The Kier molecular flexibility index (Phi) is 5.69. The molecule has 0 aromatic heterocycles. The lowest BCUT2D eigenvalue weighted by Gasteiger charge is -2.22. The van der Waals surface area contributed by atoms with Gasteiger partial charge in [0.25, 0.3) is 5.91 Å². The fraction of sp³-hybridized carbons (Fsp3) is 0.533. The lowest BCUT2D eigenvalue weighted by Crippen LogP contribution is -2.37. The number of hydrogen-bond donors (Lipinski definition) is 0. The number of benzene rings is 1. The summed E-state index contributed by atoms with van der Waals surface area (Å²) < 4.78 is 5.52. The topological polar surface area (TPSA) is 29.5 Å². The highest BCUT2D eigenvalue weighted by molar-refractivity contribution is 5.77. The van der Waals surface area contributed by atoms with Crippen LogP contribution in [0.5, 0.6) is 5.75 Å². The molecule has 0 unspecified atom stereocenters. The average Bonchev–Trinajstić information content (AvgIpc) is 2.33. The molecular formula is C15H23NO2. The second kappa shape index (κ2) is 7.04. The maximum Gasteiger partial charge on any atom is 0.260 e. The number of aryl methyl sites for hydroxylation is 1. The van der Waals surface area contributed by atoms with Crippen molar-refractivity contribution in [3.05, 3.63) is 29.8 Å². The second-order valence-electron chi connectivity index (χ2n) is 4.93. The maximum atomic E-state index is 12.0. The van der Waals surface area contributed by atoms with Crippen molar-refractivity contribution in [3.63, 3.8) is 0 Å². The van der Waals surface area contributed by atoms with Gasteiger partial charge >= 0.3 is 0 Å². The van der Waals surface area contributed by atoms with Crippen molar-refractivity contribution in [1.82, 2.24) is 4.90 Å². The van der Waals surface area contributed by atoms with Gasteiger partial charge in [0.1, 0.15) is 5.75 Å². The van der Waals surface area contributed by atoms with Crippen LogP contribution >= 0.6 is 0 Å². The Bertz CT molecular complexity index is 388. The van der Waals surface area contributed by atoms with Gasteiger partial charge in [0.05, 0.1) is 0 Å². The number of carbonyl (C=O) groups is 1. The molecule has 100 valence electrons. The number of hydrogen-bond acceptors (Lipinski definition) is 2. The number of nitrogens with zero attached hydrogens (tertiary/aromatic N) is 1. The lowest BCUT2D eigenvalue weighted by molar-refractivity contribution is -0.133. The number of rotatable bonds is 6. The lowest BCUT2D eigenvalue weighted by atomic mass is 10.2. The van der Waals surface area contributed by atoms with Gasteiger partial charge in [-0.05, 0) is 37.5 Å². The minimum absolute atomic E-state index is 0.0488. The van der Waals surface area contributed by atoms with Crippen LogP contribution in [-0.4, -0.2) is 30.5 Å². The van der Waals surface area contributed by atoms with Gasteiger partial charge in [0.2, 0.25) is 0 Å². The highest BCUT2D eigenvalue weighted by atomic mass is 16.5. The van der Waals surface area contributed by atoms with Crippen LogP contribution in [-0.2, 0) is 4.79 Å². The second-order valence-corrected chi connectivity index (χ2v) is 4.93. The standard InChI is InChI=1S/C15H23NO2/c1-5-16(10-12(2)3)15(17)11-18-14-8-6-7-13(4)9-14/h6-9,12H,5,10-11H2,1-4H3. The Labute approximate surface area is 110 Å². The maximum absolute atomic E-state index is 12.0. The Morgan fingerprint density at radius 2 is 2.11 bits per heavy atom. The van der Waals surface area contributed by atoms with Gasteiger partial charge in [-0.15, -0.1) is 0 Å². The van der Waals surface area contributed by atoms with E-state index in [1.54, 1.807) is 0 Å². The molecule has 0 radical (unpaired) electrons. The van der Waals surface area contributed by atoms with Gasteiger partial charge in [-0.2, -0.15) is 0 Å². The van der Waals surface area contributed by atoms with E-state index in [1.807, 2.05) is 43.0 Å². The van der Waals surface area contributed by atoms with Crippen LogP contribution in [0.25, 0.3) is 0 Å². The highest BCUT2D eigenvalue weighted by Gasteiger charge is 2.13. The van der Waals surface area contributed by atoms with Crippen molar-refractivity contribution in [2.75, 3.05) is 19.7 Å². The van der Waals surface area contributed by atoms with E-state index in [-0.39, 0.29) is 12.5 Å². The van der Waals surface area contributed by atoms with Gasteiger partial charge in [-0.3, -0.25) is 4.79 Å². The molecule has 1 aromatic rings. The van der Waals surface area contributed by atoms with Crippen molar-refractivity contribution >= 4 is 5.91 Å². The summed E-state index contributed by atoms with van der Waals surface area (Å²) in [6.07, 6.45) is 0. The number of ether oxygens (including phenoxy) is 1. The first kappa shape index (κ1) is 14.6. The number of carbonyl (C=O) groups excluding carboxylic acids is 1. The molecule has 0 bridgehead atoms. The van der Waals surface area contributed by atoms with Gasteiger partial charge < -0.3 is 9.64 Å². The van der Waals surface area contributed by atoms with Crippen LogP contribution in [0.1, 0.15) is 26.3 Å². The fourth-order valence-electron chi connectivity index (χ4n) is 1.79. The zero-order valence-electron chi connectivity index (χ0n) is 11.8. The summed E-state index contributed by atoms with van der Waals surface area (Å²) in [5.41, 5.74) is 1.13. The van der Waals surface area contributed by atoms with E-state index in [2.05, 4.69) is 13.8 Å². The molecule has 1 rings (SSSR count). The Balaban J connectivity index is 2.49. The van der Waals surface area contributed by atoms with Gasteiger partial charge in [0, 0.05) is 13.1 Å². The summed E-state index contributed by atoms with van der Waals surface area (Å²) in [5, 5.41) is 0. The first-order valence-electron chi connectivity index (χ1n) is 6.50. The molecular weight excluding hydrogens is 226 g/mol. The third-order valence-electron chi connectivity index (χ3n) is 2.67. The predicted octanol–water partition coefficient (Wildman–Crippen LogP) is 2.88. The molecule has 0 atom stereocenters. The molecule has 1 amide bonds. The van der Waals surface area contributed by atoms with Crippen molar-refractivity contribution in [2.24, 2.45) is 5.92 Å². The van der Waals surface area contributed by atoms with Crippen molar-refractivity contribution in [1.29, 1.82) is 0 Å². The fourth-order valence-corrected chi connectivity index (χ4v) is 1.79. The van der Waals surface area contributed by atoms with Crippen LogP contribution in [0.2, 0.25) is 0 Å². The average molecular weight is 249 g/mol. The third-order valence-corrected chi connectivity index (χ3v) is 2.67. The van der Waals surface area contributed by atoms with Gasteiger partial charge in [-0.1, -0.05) is 26.0 Å². The molecule has 0 fully saturated rings. The minimum Gasteiger partial charge on any atom is -0.484 e. The van der Waals surface area contributed by atoms with Crippen LogP contribution < -0.4 is 4.74 Å². The summed E-state index contributed by atoms with van der Waals surface area (Å²) in [7, 11) is 0. The van der Waals surface area contributed by atoms with Crippen LogP contribution in [0.4, 0.5) is 0 Å². The monoisotopic (exact) mass is 249 g/mol. The summed E-state index contributed by atoms with van der Waals surface area (Å²) in [4.78, 5) is 13.8. The summed E-state index contributed by atoms with van der Waals surface area (Å²) in [6, 6.07) is 7.75. The molecule has 1 aromatic carbocycles. The van der Waals surface area contributed by atoms with Crippen LogP contribution in [0.3, 0.4) is 0 Å². The predicted molar refractivity (Wildman–Crippen MR) is 73.8 cm³/mol. The van der Waals surface area contributed by atoms with E-state index in [1.165, 1.54) is 0 Å². The molecule has 3 nitrogen and oxygen atoms in total. The molecule has 0 aliphatic rings. The molecule has 0 aliphatic heterocycles. The summed E-state index contributed by atoms with van der Waals surface area (Å²) in [6.45, 7) is 9.85. The zero-order valence-corrected chi connectivity index (χ0v) is 11.8. The van der Waals surface area contributed by atoms with Gasteiger partial charge in [0.15, 0.2) is 6.61 Å². The normalized spacial score (nSPS) is 10.5. The Morgan fingerprint density at radius 3 is 2.67 bits per heavy atom. The smallest absolute Gasteiger partial charge is 0.260 e. The van der Waals surface area contributed by atoms with E-state index >= 15 is 0 Å². The van der Waals surface area contributed by atoms with Crippen molar-refractivity contribution in [3.8, 4) is 5.75 Å². The van der Waals surface area contributed by atoms with Crippen molar-refractivity contribution < 1.29 is 9.53 Å². The number of likely N-dealkylation sites (N-methyl/N-ethyl adjacent to an activating group) is 1. The SMILES string of the molecule is CCN(CC(C)C)C(=O)COc1cccc(C)c1. The minimum atomic E-state index is 0.0488. The van der Waals surface area contributed by atoms with E-state index in [4.69, 9.17) is 4.74 Å². The zero-order chi connectivity index (χ0) is 13.5. The van der Waals surface area contributed by atoms with E-state index in [9.17, 15) is 4.79 Å². The van der Waals surface area contributed by atoms with Crippen LogP contribution in [0.15, 0.2) is 24.3 Å². The van der Waals surface area contributed by atoms with Gasteiger partial charge in [-0.25, -0.2) is 0 Å². The third kappa shape index (κ3) is 4.78. The molecule has 0 saturated heterocycles. The molecule has 18 heavy (non-hydrogen) atoms. The van der Waals surface area contributed by atoms with Crippen molar-refractivity contribution in [2.45, 2.75) is 27.7 Å². The molecule has 0 heterocycles. The molecule has 0 N–H and O–H groups in total. The first-order chi connectivity index (χ1) is 8.52. The first-order valence-corrected chi connectivity index (χ1v) is 6.50.